The van der Waals surface area contributed by atoms with Crippen molar-refractivity contribution in [1.82, 2.24) is 14.5 Å². The van der Waals surface area contributed by atoms with Gasteiger partial charge in [-0.15, -0.1) is 0 Å². The molecule has 2 heterocycles. The standard InChI is InChI=1S/C52H36N4/c1-4-12-37(13-5-1)39-20-22-40(23-21-39)41-24-29-46(30-25-41)55(52-53-35-44(36-54-52)38-14-6-2-7-15-38)47-31-26-42(27-32-47)43-28-33-51-49(34-43)48-18-10-11-19-50(48)56(51)45-16-8-3-9-17-45/h1-36H. The molecule has 0 saturated heterocycles. The Balaban J connectivity index is 1.00. The van der Waals surface area contributed by atoms with Crippen molar-refractivity contribution in [3.63, 3.8) is 0 Å². The van der Waals surface area contributed by atoms with E-state index in [4.69, 9.17) is 9.97 Å². The summed E-state index contributed by atoms with van der Waals surface area (Å²) in [7, 11) is 0. The maximum Gasteiger partial charge on any atom is 0.234 e. The van der Waals surface area contributed by atoms with Crippen molar-refractivity contribution in [2.75, 3.05) is 4.90 Å². The number of hydrogen-bond acceptors (Lipinski definition) is 3. The minimum absolute atomic E-state index is 0.604. The van der Waals surface area contributed by atoms with Crippen LogP contribution in [0.5, 0.6) is 0 Å². The van der Waals surface area contributed by atoms with Crippen LogP contribution >= 0.6 is 0 Å². The number of anilines is 3. The smallest absolute Gasteiger partial charge is 0.234 e. The van der Waals surface area contributed by atoms with E-state index in [2.05, 4.69) is 191 Å². The Hall–Kier alpha value is -7.56. The van der Waals surface area contributed by atoms with Crippen LogP contribution in [-0.2, 0) is 0 Å². The molecule has 0 N–H and O–H groups in total. The van der Waals surface area contributed by atoms with Crippen LogP contribution in [0.2, 0.25) is 0 Å². The molecular formula is C52H36N4. The number of hydrogen-bond donors (Lipinski definition) is 0. The molecule has 2 aromatic heterocycles. The molecule has 0 fully saturated rings. The van der Waals surface area contributed by atoms with Gasteiger partial charge in [0.05, 0.1) is 11.0 Å². The summed E-state index contributed by atoms with van der Waals surface area (Å²) < 4.78 is 2.35. The van der Waals surface area contributed by atoms with E-state index >= 15 is 0 Å². The predicted molar refractivity (Wildman–Crippen MR) is 233 cm³/mol. The Kier molecular flexibility index (Phi) is 8.47. The Morgan fingerprint density at radius 2 is 0.732 bits per heavy atom. The first kappa shape index (κ1) is 33.0. The van der Waals surface area contributed by atoms with Gasteiger partial charge in [0.25, 0.3) is 0 Å². The van der Waals surface area contributed by atoms with E-state index in [9.17, 15) is 0 Å². The minimum atomic E-state index is 0.604. The monoisotopic (exact) mass is 716 g/mol. The van der Waals surface area contributed by atoms with Gasteiger partial charge in [0.2, 0.25) is 5.95 Å². The summed E-state index contributed by atoms with van der Waals surface area (Å²) in [5, 5.41) is 2.47. The fourth-order valence-corrected chi connectivity index (χ4v) is 7.70. The molecule has 10 rings (SSSR count). The Labute approximate surface area is 326 Å². The topological polar surface area (TPSA) is 34.0 Å². The van der Waals surface area contributed by atoms with Crippen LogP contribution in [0.25, 0.3) is 72.0 Å². The largest absolute Gasteiger partial charge is 0.309 e. The second-order valence-corrected chi connectivity index (χ2v) is 13.9. The SMILES string of the molecule is c1ccc(-c2ccc(-c3ccc(N(c4ccc(-c5ccc6c(c5)c5ccccc5n6-c5ccccc5)cc4)c4ncc(-c5ccccc5)cn4)cc3)cc2)cc1. The van der Waals surface area contributed by atoms with E-state index in [1.807, 2.05) is 36.7 Å². The number of nitrogens with zero attached hydrogens (tertiary/aromatic N) is 4. The van der Waals surface area contributed by atoms with Crippen LogP contribution in [0.1, 0.15) is 0 Å². The van der Waals surface area contributed by atoms with Gasteiger partial charge in [0.15, 0.2) is 0 Å². The van der Waals surface area contributed by atoms with Crippen molar-refractivity contribution in [1.29, 1.82) is 0 Å². The normalized spacial score (nSPS) is 11.2. The molecule has 0 aliphatic heterocycles. The van der Waals surface area contributed by atoms with Crippen molar-refractivity contribution in [2.24, 2.45) is 0 Å². The highest BCUT2D eigenvalue weighted by Crippen LogP contribution is 2.38. The predicted octanol–water partition coefficient (Wildman–Crippen LogP) is 13.7. The summed E-state index contributed by atoms with van der Waals surface area (Å²) in [5.41, 5.74) is 14.6. The van der Waals surface area contributed by atoms with Crippen LogP contribution < -0.4 is 4.90 Å². The van der Waals surface area contributed by atoms with E-state index in [0.717, 1.165) is 44.9 Å². The fourth-order valence-electron chi connectivity index (χ4n) is 7.70. The lowest BCUT2D eigenvalue weighted by Crippen LogP contribution is -2.13. The molecule has 0 radical (unpaired) electrons. The van der Waals surface area contributed by atoms with Crippen LogP contribution in [0, 0.1) is 0 Å². The molecule has 0 bridgehead atoms. The van der Waals surface area contributed by atoms with Gasteiger partial charge in [-0.1, -0.05) is 152 Å². The average Bonchev–Trinajstić information content (AvgIpc) is 3.62. The number of fused-ring (bicyclic) bond motifs is 3. The van der Waals surface area contributed by atoms with Crippen molar-refractivity contribution < 1.29 is 0 Å². The number of aromatic nitrogens is 3. The maximum atomic E-state index is 4.91. The summed E-state index contributed by atoms with van der Waals surface area (Å²) in [5.74, 6) is 0.604. The molecule has 0 spiro atoms. The van der Waals surface area contributed by atoms with E-state index in [-0.39, 0.29) is 0 Å². The molecule has 264 valence electrons. The van der Waals surface area contributed by atoms with Crippen molar-refractivity contribution in [3.05, 3.63) is 219 Å². The zero-order chi connectivity index (χ0) is 37.3. The summed E-state index contributed by atoms with van der Waals surface area (Å²) in [6.07, 6.45) is 3.81. The van der Waals surface area contributed by atoms with Gasteiger partial charge >= 0.3 is 0 Å². The quantitative estimate of drug-likeness (QED) is 0.157. The first-order chi connectivity index (χ1) is 27.8. The van der Waals surface area contributed by atoms with Gasteiger partial charge in [0.1, 0.15) is 0 Å². The first-order valence-corrected chi connectivity index (χ1v) is 18.9. The molecule has 0 atom stereocenters. The molecule has 4 heteroatoms. The molecule has 0 aliphatic rings. The van der Waals surface area contributed by atoms with Gasteiger partial charge in [-0.05, 0) is 93.5 Å². The summed E-state index contributed by atoms with van der Waals surface area (Å²) in [6, 6.07) is 72.9. The number of rotatable bonds is 8. The lowest BCUT2D eigenvalue weighted by Gasteiger charge is -2.24. The second-order valence-electron chi connectivity index (χ2n) is 13.9. The maximum absolute atomic E-state index is 4.91. The van der Waals surface area contributed by atoms with Crippen LogP contribution in [0.3, 0.4) is 0 Å². The van der Waals surface area contributed by atoms with Crippen LogP contribution in [0.4, 0.5) is 17.3 Å². The van der Waals surface area contributed by atoms with Gasteiger partial charge < -0.3 is 4.57 Å². The molecular weight excluding hydrogens is 681 g/mol. The minimum Gasteiger partial charge on any atom is -0.309 e. The zero-order valence-electron chi connectivity index (χ0n) is 30.6. The number of para-hydroxylation sites is 2. The summed E-state index contributed by atoms with van der Waals surface area (Å²) in [6.45, 7) is 0. The molecule has 10 aromatic rings. The van der Waals surface area contributed by atoms with Gasteiger partial charge in [-0.3, -0.25) is 4.90 Å². The third kappa shape index (κ3) is 6.19. The molecule has 0 amide bonds. The third-order valence-corrected chi connectivity index (χ3v) is 10.5. The Morgan fingerprint density at radius 3 is 1.30 bits per heavy atom. The molecule has 56 heavy (non-hydrogen) atoms. The highest BCUT2D eigenvalue weighted by Gasteiger charge is 2.17. The van der Waals surface area contributed by atoms with E-state index in [0.29, 0.717) is 5.95 Å². The molecule has 4 nitrogen and oxygen atoms in total. The summed E-state index contributed by atoms with van der Waals surface area (Å²) >= 11 is 0. The van der Waals surface area contributed by atoms with Gasteiger partial charge in [0, 0.05) is 45.8 Å². The molecule has 0 aliphatic carbocycles. The van der Waals surface area contributed by atoms with E-state index in [1.54, 1.807) is 0 Å². The molecule has 0 unspecified atom stereocenters. The van der Waals surface area contributed by atoms with E-state index in [1.165, 1.54) is 38.5 Å². The van der Waals surface area contributed by atoms with Gasteiger partial charge in [-0.25, -0.2) is 9.97 Å². The lowest BCUT2D eigenvalue weighted by molar-refractivity contribution is 1.08. The fraction of sp³-hybridized carbons (Fsp3) is 0. The van der Waals surface area contributed by atoms with E-state index < -0.39 is 0 Å². The zero-order valence-corrected chi connectivity index (χ0v) is 30.6. The third-order valence-electron chi connectivity index (χ3n) is 10.5. The van der Waals surface area contributed by atoms with Crippen LogP contribution in [-0.4, -0.2) is 14.5 Å². The van der Waals surface area contributed by atoms with Crippen molar-refractivity contribution in [2.45, 2.75) is 0 Å². The number of benzene rings is 8. The highest BCUT2D eigenvalue weighted by atomic mass is 15.3. The highest BCUT2D eigenvalue weighted by molar-refractivity contribution is 6.10. The molecule has 8 aromatic carbocycles. The Morgan fingerprint density at radius 1 is 0.321 bits per heavy atom. The van der Waals surface area contributed by atoms with Crippen LogP contribution in [0.15, 0.2) is 219 Å². The second kappa shape index (κ2) is 14.3. The first-order valence-electron chi connectivity index (χ1n) is 18.9. The summed E-state index contributed by atoms with van der Waals surface area (Å²) in [4.78, 5) is 11.9. The lowest BCUT2D eigenvalue weighted by atomic mass is 10.00. The van der Waals surface area contributed by atoms with Crippen molar-refractivity contribution >= 4 is 39.1 Å². The molecule has 0 saturated carbocycles. The van der Waals surface area contributed by atoms with Crippen molar-refractivity contribution in [3.8, 4) is 50.2 Å². The van der Waals surface area contributed by atoms with Gasteiger partial charge in [-0.2, -0.15) is 0 Å². The Bertz CT molecular complexity index is 2900. The average molecular weight is 717 g/mol.